The van der Waals surface area contributed by atoms with Crippen LogP contribution in [-0.4, -0.2) is 46.6 Å². The summed E-state index contributed by atoms with van der Waals surface area (Å²) in [6.45, 7) is 8.43. The van der Waals surface area contributed by atoms with E-state index in [1.54, 1.807) is 19.5 Å². The normalized spacial score (nSPS) is 13.6. The summed E-state index contributed by atoms with van der Waals surface area (Å²) in [6, 6.07) is 10.1. The Kier molecular flexibility index (Phi) is 6.32. The first kappa shape index (κ1) is 21.1. The molecule has 7 heteroatoms. The van der Waals surface area contributed by atoms with E-state index in [1.165, 1.54) is 5.69 Å². The Hall–Kier alpha value is -3.19. The molecule has 0 amide bonds. The molecule has 1 aromatic carbocycles. The third-order valence-electron chi connectivity index (χ3n) is 5.90. The molecule has 7 nitrogen and oxygen atoms in total. The summed E-state index contributed by atoms with van der Waals surface area (Å²) in [6.07, 6.45) is 4.10. The number of anilines is 1. The van der Waals surface area contributed by atoms with Gasteiger partial charge in [0.05, 0.1) is 12.8 Å². The topological polar surface area (TPSA) is 74.4 Å². The lowest BCUT2D eigenvalue weighted by Crippen LogP contribution is -2.35. The van der Waals surface area contributed by atoms with Gasteiger partial charge in [0.1, 0.15) is 11.6 Å². The van der Waals surface area contributed by atoms with Crippen molar-refractivity contribution in [1.82, 2.24) is 19.9 Å². The van der Waals surface area contributed by atoms with Crippen LogP contribution in [0.4, 0.5) is 5.69 Å². The summed E-state index contributed by atoms with van der Waals surface area (Å²) in [5, 5.41) is 0. The second kappa shape index (κ2) is 9.31. The lowest BCUT2D eigenvalue weighted by molar-refractivity contribution is 0.237. The summed E-state index contributed by atoms with van der Waals surface area (Å²) in [5.74, 6) is 1.49. The molecule has 0 saturated heterocycles. The molecule has 0 spiro atoms. The number of aromatic nitrogens is 3. The quantitative estimate of drug-likeness (QED) is 0.634. The largest absolute Gasteiger partial charge is 0.496 e. The summed E-state index contributed by atoms with van der Waals surface area (Å²) < 4.78 is 5.70. The minimum absolute atomic E-state index is 0.0439. The van der Waals surface area contributed by atoms with Gasteiger partial charge in [-0.2, -0.15) is 0 Å². The van der Waals surface area contributed by atoms with E-state index >= 15 is 0 Å². The predicted molar refractivity (Wildman–Crippen MR) is 122 cm³/mol. The number of benzene rings is 1. The lowest BCUT2D eigenvalue weighted by atomic mass is 10.0. The minimum atomic E-state index is -0.0439. The maximum atomic E-state index is 12.6. The molecular weight excluding hydrogens is 390 g/mol. The summed E-state index contributed by atoms with van der Waals surface area (Å²) in [7, 11) is 1.72. The Bertz CT molecular complexity index is 1090. The van der Waals surface area contributed by atoms with Crippen molar-refractivity contribution in [1.29, 1.82) is 0 Å². The monoisotopic (exact) mass is 419 g/mol. The first-order valence-corrected chi connectivity index (χ1v) is 10.8. The van der Waals surface area contributed by atoms with E-state index in [0.717, 1.165) is 54.3 Å². The molecule has 4 rings (SSSR count). The molecule has 0 atom stereocenters. The van der Waals surface area contributed by atoms with Crippen molar-refractivity contribution in [2.24, 2.45) is 0 Å². The van der Waals surface area contributed by atoms with Crippen molar-refractivity contribution in [2.75, 3.05) is 31.6 Å². The predicted octanol–water partition coefficient (Wildman–Crippen LogP) is 3.25. The number of H-pyrrole nitrogens is 1. The van der Waals surface area contributed by atoms with Crippen LogP contribution in [0.3, 0.4) is 0 Å². The molecule has 1 N–H and O–H groups in total. The van der Waals surface area contributed by atoms with Crippen LogP contribution in [0.25, 0.3) is 11.4 Å². The summed E-state index contributed by atoms with van der Waals surface area (Å²) >= 11 is 0. The molecule has 2 aromatic heterocycles. The Morgan fingerprint density at radius 1 is 1.16 bits per heavy atom. The van der Waals surface area contributed by atoms with Crippen LogP contribution in [0.2, 0.25) is 0 Å². The molecule has 0 aliphatic carbocycles. The molecule has 3 heterocycles. The number of hydrogen-bond acceptors (Lipinski definition) is 6. The van der Waals surface area contributed by atoms with E-state index in [9.17, 15) is 4.79 Å². The molecule has 0 saturated carbocycles. The zero-order chi connectivity index (χ0) is 21.8. The number of nitrogens with one attached hydrogen (secondary N) is 1. The smallest absolute Gasteiger partial charge is 0.254 e. The van der Waals surface area contributed by atoms with Gasteiger partial charge < -0.3 is 14.6 Å². The van der Waals surface area contributed by atoms with E-state index in [1.807, 2.05) is 12.1 Å². The Morgan fingerprint density at radius 2 is 1.94 bits per heavy atom. The van der Waals surface area contributed by atoms with Crippen molar-refractivity contribution < 1.29 is 4.74 Å². The number of hydrogen-bond donors (Lipinski definition) is 1. The highest BCUT2D eigenvalue weighted by Crippen LogP contribution is 2.28. The standard InChI is InChI=1S/C24H29N5O2/c1-4-29(5-2)19-7-6-18(22(14-19)31-3)15-28-13-10-20-21(16-28)26-23(27-24(20)30)17-8-11-25-12-9-17/h6-9,11-12,14H,4-5,10,13,15-16H2,1-3H3,(H,26,27,30). The third kappa shape index (κ3) is 4.46. The lowest BCUT2D eigenvalue weighted by Gasteiger charge is -2.29. The second-order valence-electron chi connectivity index (χ2n) is 7.70. The Balaban J connectivity index is 1.57. The SMILES string of the molecule is CCN(CC)c1ccc(CN2CCc3c(nc(-c4ccncc4)[nH]c3=O)C2)c(OC)c1. The Labute approximate surface area is 182 Å². The van der Waals surface area contributed by atoms with Crippen LogP contribution in [0.15, 0.2) is 47.5 Å². The van der Waals surface area contributed by atoms with Gasteiger partial charge in [-0.1, -0.05) is 6.07 Å². The third-order valence-corrected chi connectivity index (χ3v) is 5.90. The van der Waals surface area contributed by atoms with Gasteiger partial charge in [0, 0.05) is 73.6 Å². The number of methoxy groups -OCH3 is 1. The molecule has 3 aromatic rings. The molecule has 0 bridgehead atoms. The summed E-state index contributed by atoms with van der Waals surface area (Å²) in [5.41, 5.74) is 4.77. The van der Waals surface area contributed by atoms with Gasteiger partial charge in [0.2, 0.25) is 0 Å². The average molecular weight is 420 g/mol. The molecule has 31 heavy (non-hydrogen) atoms. The second-order valence-corrected chi connectivity index (χ2v) is 7.70. The number of fused-ring (bicyclic) bond motifs is 1. The highest BCUT2D eigenvalue weighted by molar-refractivity contribution is 5.55. The molecule has 162 valence electrons. The summed E-state index contributed by atoms with van der Waals surface area (Å²) in [4.78, 5) is 29.0. The first-order chi connectivity index (χ1) is 15.1. The fraction of sp³-hybridized carbons (Fsp3) is 0.375. The van der Waals surface area contributed by atoms with E-state index in [2.05, 4.69) is 51.8 Å². The average Bonchev–Trinajstić information content (AvgIpc) is 2.81. The first-order valence-electron chi connectivity index (χ1n) is 10.8. The van der Waals surface area contributed by atoms with E-state index in [4.69, 9.17) is 9.72 Å². The van der Waals surface area contributed by atoms with E-state index < -0.39 is 0 Å². The molecular formula is C24H29N5O2. The maximum absolute atomic E-state index is 12.6. The van der Waals surface area contributed by atoms with Crippen LogP contribution in [0.1, 0.15) is 30.7 Å². The zero-order valence-electron chi connectivity index (χ0n) is 18.4. The fourth-order valence-electron chi connectivity index (χ4n) is 4.17. The molecule has 1 aliphatic rings. The highest BCUT2D eigenvalue weighted by atomic mass is 16.5. The highest BCUT2D eigenvalue weighted by Gasteiger charge is 2.22. The van der Waals surface area contributed by atoms with Gasteiger partial charge in [0.15, 0.2) is 0 Å². The molecule has 0 unspecified atom stereocenters. The van der Waals surface area contributed by atoms with Crippen LogP contribution in [-0.2, 0) is 19.5 Å². The minimum Gasteiger partial charge on any atom is -0.496 e. The number of rotatable bonds is 7. The number of nitrogens with zero attached hydrogens (tertiary/aromatic N) is 4. The van der Waals surface area contributed by atoms with Crippen LogP contribution in [0.5, 0.6) is 5.75 Å². The van der Waals surface area contributed by atoms with E-state index in [0.29, 0.717) is 18.8 Å². The number of pyridine rings is 1. The van der Waals surface area contributed by atoms with Gasteiger partial charge in [0.25, 0.3) is 5.56 Å². The molecule has 0 fully saturated rings. The molecule has 0 radical (unpaired) electrons. The van der Waals surface area contributed by atoms with Crippen molar-refractivity contribution in [3.05, 3.63) is 69.9 Å². The molecule has 1 aliphatic heterocycles. The van der Waals surface area contributed by atoms with Gasteiger partial charge >= 0.3 is 0 Å². The van der Waals surface area contributed by atoms with Crippen LogP contribution < -0.4 is 15.2 Å². The van der Waals surface area contributed by atoms with Crippen molar-refractivity contribution in [2.45, 2.75) is 33.4 Å². The Morgan fingerprint density at radius 3 is 2.65 bits per heavy atom. The van der Waals surface area contributed by atoms with Crippen LogP contribution in [0, 0.1) is 0 Å². The maximum Gasteiger partial charge on any atom is 0.254 e. The van der Waals surface area contributed by atoms with Crippen molar-refractivity contribution in [3.8, 4) is 17.1 Å². The number of ether oxygens (including phenoxy) is 1. The van der Waals surface area contributed by atoms with Gasteiger partial charge in [-0.05, 0) is 38.5 Å². The van der Waals surface area contributed by atoms with Crippen LogP contribution >= 0.6 is 0 Å². The van der Waals surface area contributed by atoms with Crippen molar-refractivity contribution >= 4 is 5.69 Å². The van der Waals surface area contributed by atoms with Gasteiger partial charge in [-0.3, -0.25) is 14.7 Å². The van der Waals surface area contributed by atoms with E-state index in [-0.39, 0.29) is 5.56 Å². The number of aromatic amines is 1. The van der Waals surface area contributed by atoms with Gasteiger partial charge in [-0.25, -0.2) is 4.98 Å². The fourth-order valence-corrected chi connectivity index (χ4v) is 4.17. The zero-order valence-corrected chi connectivity index (χ0v) is 18.4. The van der Waals surface area contributed by atoms with Crippen molar-refractivity contribution in [3.63, 3.8) is 0 Å². The van der Waals surface area contributed by atoms with Gasteiger partial charge in [-0.15, -0.1) is 0 Å².